The Hall–Kier alpha value is -1.75. The zero-order chi connectivity index (χ0) is 19.1. The Kier molecular flexibility index (Phi) is 13.6. The number of carboxylic acids is 1. The minimum atomic E-state index is -0.821. The van der Waals surface area contributed by atoms with E-state index in [1.807, 2.05) is 12.2 Å². The fraction of sp³-hybridized carbons (Fsp3) is 0.650. The lowest BCUT2D eigenvalue weighted by atomic mass is 9.86. The van der Waals surface area contributed by atoms with Crippen LogP contribution in [0.15, 0.2) is 24.3 Å². The maximum Gasteiger partial charge on any atom is 0.303 e. The summed E-state index contributed by atoms with van der Waals surface area (Å²) in [7, 11) is 0. The van der Waals surface area contributed by atoms with Crippen LogP contribution in [0.3, 0.4) is 0 Å². The number of ketones is 1. The molecule has 3 atom stereocenters. The van der Waals surface area contributed by atoms with E-state index in [1.54, 1.807) is 12.2 Å². The number of carbonyl (C=O) groups excluding carboxylic acids is 2. The smallest absolute Gasteiger partial charge is 0.303 e. The molecule has 142 valence electrons. The quantitative estimate of drug-likeness (QED) is 0.266. The average molecular weight is 352 g/mol. The monoisotopic (exact) mass is 352 g/mol. The van der Waals surface area contributed by atoms with Crippen LogP contribution in [0.4, 0.5) is 0 Å². The first kappa shape index (κ1) is 23.2. The topological polar surface area (TPSA) is 91.7 Å². The Labute approximate surface area is 150 Å². The van der Waals surface area contributed by atoms with Crippen molar-refractivity contribution in [2.45, 2.75) is 71.3 Å². The Morgan fingerprint density at radius 2 is 1.80 bits per heavy atom. The minimum Gasteiger partial charge on any atom is -0.481 e. The standard InChI is InChI=1S/C20H32O5/c1-3-4-7-10-18(23)14-13-17(15-21)19(16(2)22)11-8-5-6-9-12-20(24)25/h5,8,13-15,17-19,23H,3-4,6-7,9-12H2,1-2H3,(H,24,25)/b8-5?,14-13+/t17-,18-,19-/m0/s1. The summed E-state index contributed by atoms with van der Waals surface area (Å²) in [5.74, 6) is -1.90. The van der Waals surface area contributed by atoms with Crippen LogP contribution in [0.1, 0.15) is 65.2 Å². The number of allylic oxidation sites excluding steroid dienone is 3. The summed E-state index contributed by atoms with van der Waals surface area (Å²) in [5.41, 5.74) is 0. The molecule has 0 aliphatic rings. The summed E-state index contributed by atoms with van der Waals surface area (Å²) in [4.78, 5) is 33.6. The maximum atomic E-state index is 11.8. The molecule has 0 saturated heterocycles. The molecule has 0 aliphatic carbocycles. The summed E-state index contributed by atoms with van der Waals surface area (Å²) >= 11 is 0. The van der Waals surface area contributed by atoms with Crippen molar-refractivity contribution in [3.05, 3.63) is 24.3 Å². The van der Waals surface area contributed by atoms with Crippen LogP contribution in [-0.2, 0) is 14.4 Å². The number of carbonyl (C=O) groups is 3. The van der Waals surface area contributed by atoms with E-state index in [0.29, 0.717) is 25.7 Å². The lowest BCUT2D eigenvalue weighted by molar-refractivity contribution is -0.137. The molecule has 2 N–H and O–H groups in total. The van der Waals surface area contributed by atoms with E-state index in [0.717, 1.165) is 25.5 Å². The van der Waals surface area contributed by atoms with Gasteiger partial charge in [0, 0.05) is 18.3 Å². The Balaban J connectivity index is 4.53. The van der Waals surface area contributed by atoms with Gasteiger partial charge in [0.2, 0.25) is 0 Å². The second kappa shape index (κ2) is 14.6. The molecule has 0 rings (SSSR count). The van der Waals surface area contributed by atoms with Crippen molar-refractivity contribution in [1.29, 1.82) is 0 Å². The van der Waals surface area contributed by atoms with Gasteiger partial charge in [0.15, 0.2) is 0 Å². The first-order chi connectivity index (χ1) is 11.9. The van der Waals surface area contributed by atoms with E-state index in [2.05, 4.69) is 6.92 Å². The first-order valence-corrected chi connectivity index (χ1v) is 9.11. The first-order valence-electron chi connectivity index (χ1n) is 9.11. The zero-order valence-corrected chi connectivity index (χ0v) is 15.4. The second-order valence-electron chi connectivity index (χ2n) is 6.37. The van der Waals surface area contributed by atoms with E-state index in [1.165, 1.54) is 6.92 Å². The SMILES string of the molecule is CCCCC[C@H](O)/C=C/[C@@H](C=O)[C@@H](CC=CCCCC(=O)O)C(C)=O. The van der Waals surface area contributed by atoms with Gasteiger partial charge in [-0.05, 0) is 32.6 Å². The van der Waals surface area contributed by atoms with E-state index in [4.69, 9.17) is 5.11 Å². The van der Waals surface area contributed by atoms with E-state index >= 15 is 0 Å². The summed E-state index contributed by atoms with van der Waals surface area (Å²) in [5, 5.41) is 18.5. The summed E-state index contributed by atoms with van der Waals surface area (Å²) in [6, 6.07) is 0. The fourth-order valence-corrected chi connectivity index (χ4v) is 2.56. The highest BCUT2D eigenvalue weighted by Gasteiger charge is 2.22. The molecule has 25 heavy (non-hydrogen) atoms. The molecule has 0 bridgehead atoms. The number of aliphatic hydroxyl groups is 1. The summed E-state index contributed by atoms with van der Waals surface area (Å²) < 4.78 is 0. The number of rotatable bonds is 15. The maximum absolute atomic E-state index is 11.8. The molecule has 0 spiro atoms. The molecule has 0 aromatic rings. The zero-order valence-electron chi connectivity index (χ0n) is 15.4. The van der Waals surface area contributed by atoms with Gasteiger partial charge in [-0.1, -0.05) is 50.5 Å². The third-order valence-corrected chi connectivity index (χ3v) is 4.12. The number of aliphatic hydroxyl groups excluding tert-OH is 1. The lowest BCUT2D eigenvalue weighted by Gasteiger charge is -2.16. The van der Waals surface area contributed by atoms with Crippen LogP contribution in [-0.4, -0.2) is 34.4 Å². The molecule has 5 heteroatoms. The van der Waals surface area contributed by atoms with Crippen molar-refractivity contribution in [3.63, 3.8) is 0 Å². The van der Waals surface area contributed by atoms with Crippen LogP contribution < -0.4 is 0 Å². The molecule has 0 radical (unpaired) electrons. The summed E-state index contributed by atoms with van der Waals surface area (Å²) in [6.07, 6.45) is 12.6. The third kappa shape index (κ3) is 12.3. The van der Waals surface area contributed by atoms with E-state index in [-0.39, 0.29) is 12.2 Å². The number of Topliss-reactive ketones (excluding diaryl/α,β-unsaturated/α-hetero) is 1. The van der Waals surface area contributed by atoms with Crippen molar-refractivity contribution in [2.75, 3.05) is 0 Å². The number of aliphatic carboxylic acids is 1. The van der Waals surface area contributed by atoms with Crippen molar-refractivity contribution < 1.29 is 24.6 Å². The normalized spacial score (nSPS) is 15.3. The average Bonchev–Trinajstić information content (AvgIpc) is 2.55. The number of unbranched alkanes of at least 4 members (excludes halogenated alkanes) is 3. The van der Waals surface area contributed by atoms with Crippen LogP contribution in [0.25, 0.3) is 0 Å². The molecular formula is C20H32O5. The highest BCUT2D eigenvalue weighted by atomic mass is 16.4. The molecule has 0 fully saturated rings. The number of aldehydes is 1. The van der Waals surface area contributed by atoms with E-state index in [9.17, 15) is 19.5 Å². The highest BCUT2D eigenvalue weighted by Crippen LogP contribution is 2.19. The highest BCUT2D eigenvalue weighted by molar-refractivity contribution is 5.82. The molecule has 0 unspecified atom stereocenters. The molecule has 0 aliphatic heterocycles. The van der Waals surface area contributed by atoms with Gasteiger partial charge in [0.25, 0.3) is 0 Å². The van der Waals surface area contributed by atoms with Crippen molar-refractivity contribution in [2.24, 2.45) is 11.8 Å². The van der Waals surface area contributed by atoms with Gasteiger partial charge >= 0.3 is 5.97 Å². The Morgan fingerprint density at radius 3 is 2.36 bits per heavy atom. The molecule has 0 aromatic heterocycles. The molecule has 5 nitrogen and oxygen atoms in total. The predicted octanol–water partition coefficient (Wildman–Crippen LogP) is 3.71. The Bertz CT molecular complexity index is 453. The number of carboxylic acid groups (broad SMARTS) is 1. The van der Waals surface area contributed by atoms with Gasteiger partial charge in [-0.15, -0.1) is 0 Å². The molecule has 0 saturated carbocycles. The number of hydrogen-bond donors (Lipinski definition) is 2. The van der Waals surface area contributed by atoms with Crippen LogP contribution in [0.5, 0.6) is 0 Å². The van der Waals surface area contributed by atoms with Crippen LogP contribution >= 0.6 is 0 Å². The van der Waals surface area contributed by atoms with Crippen molar-refractivity contribution in [1.82, 2.24) is 0 Å². The van der Waals surface area contributed by atoms with E-state index < -0.39 is 23.9 Å². The molecule has 0 heterocycles. The van der Waals surface area contributed by atoms with Gasteiger partial charge in [-0.2, -0.15) is 0 Å². The largest absolute Gasteiger partial charge is 0.481 e. The van der Waals surface area contributed by atoms with Crippen molar-refractivity contribution >= 4 is 18.0 Å². The summed E-state index contributed by atoms with van der Waals surface area (Å²) in [6.45, 7) is 3.56. The minimum absolute atomic E-state index is 0.0718. The molecular weight excluding hydrogens is 320 g/mol. The van der Waals surface area contributed by atoms with Gasteiger partial charge in [-0.3, -0.25) is 9.59 Å². The predicted molar refractivity (Wildman–Crippen MR) is 98.3 cm³/mol. The van der Waals surface area contributed by atoms with Gasteiger partial charge in [-0.25, -0.2) is 0 Å². The van der Waals surface area contributed by atoms with Gasteiger partial charge in [0.05, 0.1) is 6.10 Å². The van der Waals surface area contributed by atoms with Crippen molar-refractivity contribution in [3.8, 4) is 0 Å². The van der Waals surface area contributed by atoms with Crippen LogP contribution in [0, 0.1) is 11.8 Å². The van der Waals surface area contributed by atoms with Gasteiger partial charge in [0.1, 0.15) is 12.1 Å². The Morgan fingerprint density at radius 1 is 1.08 bits per heavy atom. The van der Waals surface area contributed by atoms with Gasteiger partial charge < -0.3 is 15.0 Å². The number of hydrogen-bond acceptors (Lipinski definition) is 4. The second-order valence-corrected chi connectivity index (χ2v) is 6.37. The third-order valence-electron chi connectivity index (χ3n) is 4.12. The molecule has 0 aromatic carbocycles. The van der Waals surface area contributed by atoms with Crippen LogP contribution in [0.2, 0.25) is 0 Å². The molecule has 0 amide bonds. The lowest BCUT2D eigenvalue weighted by Crippen LogP contribution is -2.21. The fourth-order valence-electron chi connectivity index (χ4n) is 2.56.